The Morgan fingerprint density at radius 2 is 2.00 bits per heavy atom. The number of hydrogen-bond donors (Lipinski definition) is 3. The molecule has 3 rings (SSSR count). The van der Waals surface area contributed by atoms with E-state index in [4.69, 9.17) is 9.73 Å². The zero-order valence-electron chi connectivity index (χ0n) is 16.5. The number of aliphatic hydroxyl groups is 1. The van der Waals surface area contributed by atoms with Gasteiger partial charge in [-0.05, 0) is 45.1 Å². The fourth-order valence-electron chi connectivity index (χ4n) is 3.54. The van der Waals surface area contributed by atoms with Crippen LogP contribution in [0, 0.1) is 18.3 Å². The van der Waals surface area contributed by atoms with Crippen molar-refractivity contribution in [2.45, 2.75) is 45.6 Å². The summed E-state index contributed by atoms with van der Waals surface area (Å²) in [6, 6.07) is 8.70. The van der Waals surface area contributed by atoms with Gasteiger partial charge >= 0.3 is 0 Å². The molecular weight excluding hydrogens is 453 g/mol. The Morgan fingerprint density at radius 3 is 2.63 bits per heavy atom. The van der Waals surface area contributed by atoms with Gasteiger partial charge in [0.05, 0.1) is 19.3 Å². The number of guanidine groups is 1. The van der Waals surface area contributed by atoms with Crippen LogP contribution in [-0.2, 0) is 4.74 Å². The number of rotatable bonds is 7. The highest BCUT2D eigenvalue weighted by atomic mass is 127. The molecule has 1 aromatic rings. The number of ether oxygens (including phenoxy) is 1. The normalized spacial score (nSPS) is 24.0. The first-order chi connectivity index (χ1) is 12.7. The molecule has 2 aliphatic rings. The van der Waals surface area contributed by atoms with Crippen LogP contribution in [0.25, 0.3) is 0 Å². The van der Waals surface area contributed by atoms with Crippen LogP contribution in [0.4, 0.5) is 0 Å². The number of nitrogens with zero attached hydrogens (tertiary/aromatic N) is 1. The first kappa shape index (κ1) is 22.4. The summed E-state index contributed by atoms with van der Waals surface area (Å²) in [5.74, 6) is 1.28. The van der Waals surface area contributed by atoms with Gasteiger partial charge in [0.15, 0.2) is 5.96 Å². The number of nitrogens with one attached hydrogen (secondary N) is 2. The molecule has 2 atom stereocenters. The van der Waals surface area contributed by atoms with E-state index in [9.17, 15) is 5.11 Å². The summed E-state index contributed by atoms with van der Waals surface area (Å²) in [6.45, 7) is 7.64. The Morgan fingerprint density at radius 1 is 1.26 bits per heavy atom. The summed E-state index contributed by atoms with van der Waals surface area (Å²) in [5.41, 5.74) is 2.58. The average Bonchev–Trinajstić information content (AvgIpc) is 3.45. The highest BCUT2D eigenvalue weighted by Crippen LogP contribution is 2.45. The van der Waals surface area contributed by atoms with Crippen LogP contribution < -0.4 is 10.6 Å². The maximum Gasteiger partial charge on any atom is 0.191 e. The Hall–Kier alpha value is -0.860. The fraction of sp³-hybridized carbons (Fsp3) is 0.667. The van der Waals surface area contributed by atoms with Crippen molar-refractivity contribution in [2.24, 2.45) is 16.3 Å². The van der Waals surface area contributed by atoms with Gasteiger partial charge in [-0.3, -0.25) is 4.99 Å². The van der Waals surface area contributed by atoms with Gasteiger partial charge in [0.25, 0.3) is 0 Å². The van der Waals surface area contributed by atoms with Crippen LogP contribution >= 0.6 is 24.0 Å². The van der Waals surface area contributed by atoms with Crippen molar-refractivity contribution in [3.63, 3.8) is 0 Å². The Kier molecular flexibility index (Phi) is 8.82. The summed E-state index contributed by atoms with van der Waals surface area (Å²) in [4.78, 5) is 4.71. The maximum absolute atomic E-state index is 9.49. The Balaban J connectivity index is 0.00000261. The quantitative estimate of drug-likeness (QED) is 0.314. The highest BCUT2D eigenvalue weighted by Gasteiger charge is 2.41. The third kappa shape index (κ3) is 6.32. The van der Waals surface area contributed by atoms with Crippen molar-refractivity contribution < 1.29 is 9.84 Å². The van der Waals surface area contributed by atoms with Gasteiger partial charge in [-0.1, -0.05) is 29.8 Å². The van der Waals surface area contributed by atoms with Gasteiger partial charge < -0.3 is 20.5 Å². The smallest absolute Gasteiger partial charge is 0.191 e. The second kappa shape index (κ2) is 10.6. The molecule has 6 heteroatoms. The van der Waals surface area contributed by atoms with Crippen molar-refractivity contribution in [2.75, 3.05) is 32.8 Å². The number of aryl methyl sites for hydroxylation is 1. The lowest BCUT2D eigenvalue weighted by atomic mass is 9.89. The molecule has 0 radical (unpaired) electrons. The van der Waals surface area contributed by atoms with Crippen LogP contribution in [-0.4, -0.2) is 43.9 Å². The van der Waals surface area contributed by atoms with E-state index in [1.54, 1.807) is 0 Å². The van der Waals surface area contributed by atoms with Crippen LogP contribution in [0.15, 0.2) is 29.3 Å². The van der Waals surface area contributed by atoms with E-state index in [1.807, 2.05) is 0 Å². The molecule has 1 heterocycles. The highest BCUT2D eigenvalue weighted by molar-refractivity contribution is 14.0. The van der Waals surface area contributed by atoms with E-state index in [0.29, 0.717) is 12.5 Å². The molecule has 1 aliphatic carbocycles. The molecule has 0 spiro atoms. The van der Waals surface area contributed by atoms with E-state index >= 15 is 0 Å². The van der Waals surface area contributed by atoms with Crippen molar-refractivity contribution in [3.05, 3.63) is 35.4 Å². The van der Waals surface area contributed by atoms with Crippen molar-refractivity contribution in [1.29, 1.82) is 0 Å². The summed E-state index contributed by atoms with van der Waals surface area (Å²) < 4.78 is 6.12. The number of aliphatic imine (C=N–C) groups is 1. The van der Waals surface area contributed by atoms with Gasteiger partial charge in [-0.15, -0.1) is 24.0 Å². The van der Waals surface area contributed by atoms with Gasteiger partial charge in [0.2, 0.25) is 0 Å². The number of hydrogen-bond acceptors (Lipinski definition) is 3. The minimum atomic E-state index is 0. The Labute approximate surface area is 180 Å². The predicted molar refractivity (Wildman–Crippen MR) is 121 cm³/mol. The number of benzene rings is 1. The lowest BCUT2D eigenvalue weighted by molar-refractivity contribution is -0.0265. The largest absolute Gasteiger partial charge is 0.396 e. The molecule has 0 bridgehead atoms. The first-order valence-electron chi connectivity index (χ1n) is 9.97. The molecule has 3 N–H and O–H groups in total. The molecule has 1 aliphatic heterocycles. The van der Waals surface area contributed by atoms with Crippen LogP contribution in [0.5, 0.6) is 0 Å². The van der Waals surface area contributed by atoms with E-state index in [1.165, 1.54) is 11.1 Å². The van der Waals surface area contributed by atoms with Crippen LogP contribution in [0.2, 0.25) is 0 Å². The summed E-state index contributed by atoms with van der Waals surface area (Å²) in [5, 5.41) is 16.3. The maximum atomic E-state index is 9.49. The van der Waals surface area contributed by atoms with E-state index in [2.05, 4.69) is 48.7 Å². The molecule has 1 aromatic carbocycles. The molecule has 0 amide bonds. The number of halogens is 1. The standard InChI is InChI=1S/C21H33N3O2.HI/c1-3-22-20(24-14-21(15-25)10-11-21)23-13-18-5-4-12-26-19(18)17-8-6-16(2)7-9-17;/h6-9,18-19,25H,3-5,10-15H2,1-2H3,(H2,22,23,24);1H. The summed E-state index contributed by atoms with van der Waals surface area (Å²) in [7, 11) is 0. The molecular formula is C21H34IN3O2. The average molecular weight is 487 g/mol. The number of aliphatic hydroxyl groups excluding tert-OH is 1. The summed E-state index contributed by atoms with van der Waals surface area (Å²) in [6.07, 6.45) is 4.57. The minimum absolute atomic E-state index is 0. The van der Waals surface area contributed by atoms with Crippen LogP contribution in [0.1, 0.15) is 49.8 Å². The van der Waals surface area contributed by atoms with E-state index in [0.717, 1.165) is 51.3 Å². The van der Waals surface area contributed by atoms with E-state index < -0.39 is 0 Å². The molecule has 27 heavy (non-hydrogen) atoms. The molecule has 0 aromatic heterocycles. The molecule has 5 nitrogen and oxygen atoms in total. The molecule has 152 valence electrons. The molecule has 2 fully saturated rings. The lowest BCUT2D eigenvalue weighted by Crippen LogP contribution is -2.42. The first-order valence-corrected chi connectivity index (χ1v) is 9.97. The topological polar surface area (TPSA) is 65.9 Å². The van der Waals surface area contributed by atoms with Crippen molar-refractivity contribution in [3.8, 4) is 0 Å². The second-order valence-electron chi connectivity index (χ2n) is 7.84. The zero-order valence-corrected chi connectivity index (χ0v) is 18.9. The fourth-order valence-corrected chi connectivity index (χ4v) is 3.54. The van der Waals surface area contributed by atoms with Crippen molar-refractivity contribution >= 4 is 29.9 Å². The van der Waals surface area contributed by atoms with E-state index in [-0.39, 0.29) is 42.1 Å². The monoisotopic (exact) mass is 487 g/mol. The molecule has 1 saturated carbocycles. The van der Waals surface area contributed by atoms with Gasteiger partial charge in [0.1, 0.15) is 0 Å². The minimum Gasteiger partial charge on any atom is -0.396 e. The predicted octanol–water partition coefficient (Wildman–Crippen LogP) is 3.41. The van der Waals surface area contributed by atoms with Crippen molar-refractivity contribution in [1.82, 2.24) is 10.6 Å². The lowest BCUT2D eigenvalue weighted by Gasteiger charge is -2.32. The third-order valence-electron chi connectivity index (χ3n) is 5.59. The van der Waals surface area contributed by atoms with Gasteiger partial charge in [-0.2, -0.15) is 0 Å². The zero-order chi connectivity index (χ0) is 18.4. The van der Waals surface area contributed by atoms with Crippen LogP contribution in [0.3, 0.4) is 0 Å². The van der Waals surface area contributed by atoms with Gasteiger partial charge in [-0.25, -0.2) is 0 Å². The molecule has 1 saturated heterocycles. The van der Waals surface area contributed by atoms with Gasteiger partial charge in [0, 0.05) is 31.0 Å². The third-order valence-corrected chi connectivity index (χ3v) is 5.59. The molecule has 2 unspecified atom stereocenters. The summed E-state index contributed by atoms with van der Waals surface area (Å²) >= 11 is 0. The SMILES string of the molecule is CCNC(=NCC1(CO)CC1)NCC1CCCOC1c1ccc(C)cc1.I. The second-order valence-corrected chi connectivity index (χ2v) is 7.84. The Bertz CT molecular complexity index is 602.